The second-order valence-electron chi connectivity index (χ2n) is 6.62. The lowest BCUT2D eigenvalue weighted by molar-refractivity contribution is -0.120. The molecule has 1 fully saturated rings. The Bertz CT molecular complexity index is 716. The summed E-state index contributed by atoms with van der Waals surface area (Å²) in [7, 11) is 0. The van der Waals surface area contributed by atoms with Crippen molar-refractivity contribution in [2.45, 2.75) is 33.6 Å². The van der Waals surface area contributed by atoms with Crippen molar-refractivity contribution in [3.63, 3.8) is 0 Å². The number of amides is 1. The summed E-state index contributed by atoms with van der Waals surface area (Å²) in [6, 6.07) is 8.03. The van der Waals surface area contributed by atoms with E-state index < -0.39 is 0 Å². The molecular formula is C19H24N4O. The quantitative estimate of drug-likeness (QED) is 0.941. The van der Waals surface area contributed by atoms with Gasteiger partial charge in [-0.05, 0) is 62.9 Å². The number of piperidine rings is 1. The lowest BCUT2D eigenvalue weighted by Gasteiger charge is -2.31. The van der Waals surface area contributed by atoms with Gasteiger partial charge in [0, 0.05) is 36.6 Å². The number of aromatic nitrogens is 2. The molecule has 0 spiro atoms. The van der Waals surface area contributed by atoms with E-state index in [9.17, 15) is 4.79 Å². The van der Waals surface area contributed by atoms with Crippen LogP contribution in [0.5, 0.6) is 0 Å². The summed E-state index contributed by atoms with van der Waals surface area (Å²) in [6.07, 6.45) is 3.44. The molecule has 1 aromatic heterocycles. The molecule has 5 heteroatoms. The lowest BCUT2D eigenvalue weighted by Crippen LogP contribution is -2.39. The maximum atomic E-state index is 12.5. The highest BCUT2D eigenvalue weighted by Gasteiger charge is 2.26. The Morgan fingerprint density at radius 2 is 1.79 bits per heavy atom. The maximum absolute atomic E-state index is 12.5. The number of nitrogens with zero attached hydrogens (tertiary/aromatic N) is 3. The zero-order valence-corrected chi connectivity index (χ0v) is 14.5. The van der Waals surface area contributed by atoms with E-state index in [1.54, 1.807) is 6.20 Å². The minimum Gasteiger partial charge on any atom is -0.341 e. The summed E-state index contributed by atoms with van der Waals surface area (Å²) < 4.78 is 0. The van der Waals surface area contributed by atoms with Crippen molar-refractivity contribution in [2.75, 3.05) is 23.3 Å². The molecule has 2 heterocycles. The van der Waals surface area contributed by atoms with Gasteiger partial charge >= 0.3 is 0 Å². The summed E-state index contributed by atoms with van der Waals surface area (Å²) in [5, 5.41) is 3.07. The predicted octanol–water partition coefficient (Wildman–Crippen LogP) is 3.26. The highest BCUT2D eigenvalue weighted by Crippen LogP contribution is 2.23. The lowest BCUT2D eigenvalue weighted by atomic mass is 9.96. The Balaban J connectivity index is 1.59. The molecule has 3 rings (SSSR count). The summed E-state index contributed by atoms with van der Waals surface area (Å²) in [5.74, 6) is 0.930. The number of hydrogen-bond acceptors (Lipinski definition) is 4. The first-order valence-corrected chi connectivity index (χ1v) is 8.45. The van der Waals surface area contributed by atoms with Crippen molar-refractivity contribution in [1.29, 1.82) is 0 Å². The molecule has 126 valence electrons. The van der Waals surface area contributed by atoms with Crippen molar-refractivity contribution in [2.24, 2.45) is 5.92 Å². The number of hydrogen-bond donors (Lipinski definition) is 1. The van der Waals surface area contributed by atoms with Crippen LogP contribution in [0, 0.1) is 26.7 Å². The number of aryl methyl sites for hydroxylation is 3. The Labute approximate surface area is 143 Å². The normalized spacial score (nSPS) is 15.4. The molecule has 0 unspecified atom stereocenters. The predicted molar refractivity (Wildman–Crippen MR) is 96.3 cm³/mol. The van der Waals surface area contributed by atoms with Gasteiger partial charge < -0.3 is 10.2 Å². The van der Waals surface area contributed by atoms with Crippen molar-refractivity contribution >= 4 is 17.5 Å². The Morgan fingerprint density at radius 3 is 2.42 bits per heavy atom. The monoisotopic (exact) mass is 324 g/mol. The van der Waals surface area contributed by atoms with Gasteiger partial charge in [0.2, 0.25) is 11.9 Å². The van der Waals surface area contributed by atoms with Gasteiger partial charge in [0.1, 0.15) is 0 Å². The molecular weight excluding hydrogens is 300 g/mol. The smallest absolute Gasteiger partial charge is 0.227 e. The molecule has 5 nitrogen and oxygen atoms in total. The van der Waals surface area contributed by atoms with E-state index in [0.717, 1.165) is 54.4 Å². The third-order valence-electron chi connectivity index (χ3n) is 4.42. The summed E-state index contributed by atoms with van der Waals surface area (Å²) in [4.78, 5) is 23.5. The van der Waals surface area contributed by atoms with Crippen LogP contribution in [0.15, 0.2) is 30.5 Å². The minimum absolute atomic E-state index is 0.0480. The van der Waals surface area contributed by atoms with Gasteiger partial charge in [-0.25, -0.2) is 9.97 Å². The largest absolute Gasteiger partial charge is 0.341 e. The molecule has 0 saturated carbocycles. The van der Waals surface area contributed by atoms with E-state index >= 15 is 0 Å². The fraction of sp³-hybridized carbons (Fsp3) is 0.421. The van der Waals surface area contributed by atoms with E-state index in [1.165, 1.54) is 0 Å². The molecule has 1 aromatic carbocycles. The summed E-state index contributed by atoms with van der Waals surface area (Å²) >= 11 is 0. The van der Waals surface area contributed by atoms with Crippen molar-refractivity contribution < 1.29 is 4.79 Å². The van der Waals surface area contributed by atoms with Gasteiger partial charge in [0.25, 0.3) is 0 Å². The number of carbonyl (C=O) groups excluding carboxylic acids is 1. The fourth-order valence-corrected chi connectivity index (χ4v) is 3.22. The number of rotatable bonds is 3. The molecule has 2 aromatic rings. The van der Waals surface area contributed by atoms with Gasteiger partial charge in [0.05, 0.1) is 0 Å². The van der Waals surface area contributed by atoms with Crippen LogP contribution >= 0.6 is 0 Å². The van der Waals surface area contributed by atoms with Crippen LogP contribution in [-0.4, -0.2) is 29.0 Å². The Morgan fingerprint density at radius 1 is 1.12 bits per heavy atom. The second kappa shape index (κ2) is 6.99. The summed E-state index contributed by atoms with van der Waals surface area (Å²) in [5.41, 5.74) is 4.19. The van der Waals surface area contributed by atoms with Gasteiger partial charge in [-0.1, -0.05) is 6.07 Å². The number of anilines is 2. The molecule has 24 heavy (non-hydrogen) atoms. The standard InChI is InChI=1S/C19H24N4O/c1-13-10-14(2)12-17(11-13)22-18(24)16-5-8-23(9-6-16)19-20-7-4-15(3)21-19/h4,7,10-12,16H,5-6,8-9H2,1-3H3,(H,22,24). The zero-order valence-electron chi connectivity index (χ0n) is 14.5. The second-order valence-corrected chi connectivity index (χ2v) is 6.62. The first-order chi connectivity index (χ1) is 11.5. The average Bonchev–Trinajstić information content (AvgIpc) is 2.54. The van der Waals surface area contributed by atoms with Gasteiger partial charge in [-0.15, -0.1) is 0 Å². The number of nitrogens with one attached hydrogen (secondary N) is 1. The molecule has 0 aliphatic carbocycles. The van der Waals surface area contributed by atoms with Gasteiger partial charge in [0.15, 0.2) is 0 Å². The Kier molecular flexibility index (Phi) is 4.79. The first kappa shape index (κ1) is 16.4. The van der Waals surface area contributed by atoms with Crippen LogP contribution in [0.25, 0.3) is 0 Å². The van der Waals surface area contributed by atoms with Crippen molar-refractivity contribution in [3.05, 3.63) is 47.3 Å². The van der Waals surface area contributed by atoms with E-state index in [2.05, 4.69) is 26.3 Å². The first-order valence-electron chi connectivity index (χ1n) is 8.45. The highest BCUT2D eigenvalue weighted by atomic mass is 16.1. The molecule has 1 amide bonds. The topological polar surface area (TPSA) is 58.1 Å². The van der Waals surface area contributed by atoms with Crippen LogP contribution in [0.1, 0.15) is 29.7 Å². The molecule has 1 saturated heterocycles. The summed E-state index contributed by atoms with van der Waals surface area (Å²) in [6.45, 7) is 7.68. The number of carbonyl (C=O) groups is 1. The van der Waals surface area contributed by atoms with Crippen LogP contribution < -0.4 is 10.2 Å². The molecule has 0 radical (unpaired) electrons. The van der Waals surface area contributed by atoms with E-state index in [4.69, 9.17) is 0 Å². The molecule has 0 atom stereocenters. The minimum atomic E-state index is 0.0480. The van der Waals surface area contributed by atoms with Crippen molar-refractivity contribution in [1.82, 2.24) is 9.97 Å². The van der Waals surface area contributed by atoms with Crippen LogP contribution in [0.2, 0.25) is 0 Å². The van der Waals surface area contributed by atoms with Gasteiger partial charge in [-0.2, -0.15) is 0 Å². The average molecular weight is 324 g/mol. The molecule has 1 N–H and O–H groups in total. The maximum Gasteiger partial charge on any atom is 0.227 e. The van der Waals surface area contributed by atoms with Gasteiger partial charge in [-0.3, -0.25) is 4.79 Å². The van der Waals surface area contributed by atoms with Crippen LogP contribution in [0.4, 0.5) is 11.6 Å². The molecule has 0 bridgehead atoms. The number of benzene rings is 1. The third kappa shape index (κ3) is 3.91. The Hall–Kier alpha value is -2.43. The fourth-order valence-electron chi connectivity index (χ4n) is 3.22. The van der Waals surface area contributed by atoms with E-state index in [-0.39, 0.29) is 11.8 Å². The van der Waals surface area contributed by atoms with Crippen molar-refractivity contribution in [3.8, 4) is 0 Å². The molecule has 1 aliphatic heterocycles. The molecule has 1 aliphatic rings. The zero-order chi connectivity index (χ0) is 17.1. The van der Waals surface area contributed by atoms with E-state index in [1.807, 2.05) is 39.0 Å². The highest BCUT2D eigenvalue weighted by molar-refractivity contribution is 5.92. The van der Waals surface area contributed by atoms with Crippen LogP contribution in [0.3, 0.4) is 0 Å². The third-order valence-corrected chi connectivity index (χ3v) is 4.42. The van der Waals surface area contributed by atoms with Crippen LogP contribution in [-0.2, 0) is 4.79 Å². The van der Waals surface area contributed by atoms with E-state index in [0.29, 0.717) is 0 Å². The SMILES string of the molecule is Cc1cc(C)cc(NC(=O)C2CCN(c3nccc(C)n3)CC2)c1.